The number of allylic oxidation sites excluding steroid dienone is 4. The van der Waals surface area contributed by atoms with E-state index in [0.717, 1.165) is 6.42 Å². The fraction of sp³-hybridized carbons (Fsp3) is 0.130. The molecule has 0 amide bonds. The fourth-order valence-electron chi connectivity index (χ4n) is 3.34. The predicted octanol–water partition coefficient (Wildman–Crippen LogP) is 1.85. The van der Waals surface area contributed by atoms with E-state index in [1.54, 1.807) is 0 Å². The average Bonchev–Trinajstić information content (AvgIpc) is 2.59. The molecule has 0 spiro atoms. The Hall–Kier alpha value is -2.69. The van der Waals surface area contributed by atoms with Crippen molar-refractivity contribution in [2.75, 3.05) is 0 Å². The average molecular weight is 295 g/mol. The van der Waals surface area contributed by atoms with Crippen molar-refractivity contribution in [3.63, 3.8) is 0 Å². The Bertz CT molecular complexity index is 1010. The van der Waals surface area contributed by atoms with E-state index >= 15 is 0 Å². The summed E-state index contributed by atoms with van der Waals surface area (Å²) in [6.07, 6.45) is 16.2. The highest BCUT2D eigenvalue weighted by Gasteiger charge is 2.08. The van der Waals surface area contributed by atoms with Crippen LogP contribution in [0.1, 0.15) is 22.3 Å². The summed E-state index contributed by atoms with van der Waals surface area (Å²) in [6, 6.07) is 8.84. The zero-order valence-corrected chi connectivity index (χ0v) is 13.6. The summed E-state index contributed by atoms with van der Waals surface area (Å²) in [7, 11) is 0. The first-order chi connectivity index (χ1) is 11.2. The van der Waals surface area contributed by atoms with Crippen LogP contribution in [0, 0.1) is 20.3 Å². The van der Waals surface area contributed by atoms with E-state index in [1.807, 2.05) is 0 Å². The van der Waals surface area contributed by atoms with Gasteiger partial charge in [-0.15, -0.1) is 0 Å². The van der Waals surface area contributed by atoms with Gasteiger partial charge in [-0.3, -0.25) is 0 Å². The van der Waals surface area contributed by atoms with Crippen molar-refractivity contribution >= 4 is 17.9 Å². The van der Waals surface area contributed by atoms with Gasteiger partial charge in [0, 0.05) is 35.9 Å². The normalized spacial score (nSPS) is 14.0. The highest BCUT2D eigenvalue weighted by Crippen LogP contribution is 2.02. The van der Waals surface area contributed by atoms with Gasteiger partial charge >= 0.3 is 0 Å². The molecule has 0 heteroatoms. The van der Waals surface area contributed by atoms with E-state index in [4.69, 9.17) is 0 Å². The Kier molecular flexibility index (Phi) is 3.33. The molecule has 2 aliphatic rings. The minimum Gasteiger partial charge on any atom is -0.0922 e. The van der Waals surface area contributed by atoms with Crippen molar-refractivity contribution in [3.05, 3.63) is 98.1 Å². The lowest BCUT2D eigenvalue weighted by molar-refractivity contribution is 1.19. The Morgan fingerprint density at radius 1 is 0.870 bits per heavy atom. The molecule has 0 saturated heterocycles. The molecule has 0 saturated carbocycles. The third-order valence-corrected chi connectivity index (χ3v) is 4.67. The van der Waals surface area contributed by atoms with Crippen molar-refractivity contribution in [1.82, 2.24) is 0 Å². The van der Waals surface area contributed by atoms with Gasteiger partial charge in [-0.25, -0.2) is 0 Å². The summed E-state index contributed by atoms with van der Waals surface area (Å²) in [5.74, 6) is 0. The van der Waals surface area contributed by atoms with Crippen LogP contribution >= 0.6 is 0 Å². The summed E-state index contributed by atoms with van der Waals surface area (Å²) >= 11 is 0. The van der Waals surface area contributed by atoms with Crippen molar-refractivity contribution in [1.29, 1.82) is 0 Å². The molecule has 0 nitrogen and oxygen atoms in total. The van der Waals surface area contributed by atoms with Gasteiger partial charge in [-0.05, 0) is 48.2 Å². The van der Waals surface area contributed by atoms with Crippen LogP contribution in [0.15, 0.2) is 48.6 Å². The summed E-state index contributed by atoms with van der Waals surface area (Å²) < 4.78 is 0. The molecule has 0 heterocycles. The number of rotatable bonds is 0. The molecule has 2 aromatic rings. The number of hydrogen-bond donors (Lipinski definition) is 0. The maximum atomic E-state index is 3.75. The van der Waals surface area contributed by atoms with Crippen LogP contribution in [0.5, 0.6) is 0 Å². The van der Waals surface area contributed by atoms with Gasteiger partial charge in [-0.1, -0.05) is 36.1 Å². The number of aryl methyl sites for hydroxylation is 2. The van der Waals surface area contributed by atoms with Crippen LogP contribution in [-0.2, 0) is 6.42 Å². The van der Waals surface area contributed by atoms with Crippen molar-refractivity contribution in [3.8, 4) is 0 Å². The molecule has 4 rings (SSSR count). The summed E-state index contributed by atoms with van der Waals surface area (Å²) in [6.45, 7) is 4.35. The van der Waals surface area contributed by atoms with E-state index in [-0.39, 0.29) is 0 Å². The fourth-order valence-corrected chi connectivity index (χ4v) is 3.34. The van der Waals surface area contributed by atoms with Gasteiger partial charge in [0.1, 0.15) is 5.56 Å². The Morgan fingerprint density at radius 2 is 1.61 bits per heavy atom. The molecule has 0 aliphatic heterocycles. The molecule has 0 bridgehead atoms. The summed E-state index contributed by atoms with van der Waals surface area (Å²) in [5.41, 5.74) is 8.95. The van der Waals surface area contributed by atoms with Gasteiger partial charge < -0.3 is 0 Å². The first-order valence-corrected chi connectivity index (χ1v) is 8.12. The second-order valence-corrected chi connectivity index (χ2v) is 6.23. The smallest absolute Gasteiger partial charge is 0.0922 e. The Morgan fingerprint density at radius 3 is 2.48 bits per heavy atom. The molecule has 2 aromatic carbocycles. The Balaban J connectivity index is 2.31. The van der Waals surface area contributed by atoms with E-state index in [1.165, 1.54) is 43.1 Å². The van der Waals surface area contributed by atoms with Crippen LogP contribution in [-0.4, -0.2) is 0 Å². The predicted molar refractivity (Wildman–Crippen MR) is 97.7 cm³/mol. The molecule has 0 N–H and O–H groups in total. The van der Waals surface area contributed by atoms with Crippen LogP contribution in [0.25, 0.3) is 17.9 Å². The van der Waals surface area contributed by atoms with Crippen LogP contribution in [0.3, 0.4) is 0 Å². The highest BCUT2D eigenvalue weighted by atomic mass is 14.1. The second-order valence-electron chi connectivity index (χ2n) is 6.23. The second kappa shape index (κ2) is 5.50. The monoisotopic (exact) mass is 295 g/mol. The Labute approximate surface area is 136 Å². The van der Waals surface area contributed by atoms with Crippen LogP contribution in [0.2, 0.25) is 0 Å². The zero-order valence-electron chi connectivity index (χ0n) is 13.6. The van der Waals surface area contributed by atoms with Gasteiger partial charge in [-0.2, -0.15) is 0 Å². The van der Waals surface area contributed by atoms with E-state index in [2.05, 4.69) is 86.7 Å². The standard InChI is InChI=1S/C23H19/c1-16-11-13-18-7-3-5-9-20(18)22(16)15-23-17(2)12-14-19-8-4-6-10-21(19)23/h3-7,9-14H,8H2,1-2H3/q+1. The van der Waals surface area contributed by atoms with E-state index < -0.39 is 0 Å². The summed E-state index contributed by atoms with van der Waals surface area (Å²) in [4.78, 5) is 0. The van der Waals surface area contributed by atoms with Crippen molar-refractivity contribution in [2.45, 2.75) is 20.3 Å². The highest BCUT2D eigenvalue weighted by molar-refractivity contribution is 5.53. The molecule has 0 unspecified atom stereocenters. The van der Waals surface area contributed by atoms with E-state index in [9.17, 15) is 0 Å². The first-order valence-electron chi connectivity index (χ1n) is 8.12. The van der Waals surface area contributed by atoms with Gasteiger partial charge in [0.2, 0.25) is 0 Å². The SMILES string of the molecule is Cc1ccc2c(c1=C=c1c(C)ccc3c1=CC=CC3)=CC=C[CH+]2. The van der Waals surface area contributed by atoms with Gasteiger partial charge in [0.05, 0.1) is 10.4 Å². The lowest BCUT2D eigenvalue weighted by atomic mass is 9.97. The first kappa shape index (κ1) is 13.9. The lowest BCUT2D eigenvalue weighted by Crippen LogP contribution is -2.36. The van der Waals surface area contributed by atoms with Crippen molar-refractivity contribution < 1.29 is 0 Å². The molecular weight excluding hydrogens is 276 g/mol. The third kappa shape index (κ3) is 2.38. The number of fused-ring (bicyclic) bond motifs is 2. The number of hydrogen-bond acceptors (Lipinski definition) is 0. The topological polar surface area (TPSA) is 0 Å². The molecule has 110 valence electrons. The molecule has 0 fully saturated rings. The molecule has 2 aliphatic carbocycles. The molecule has 23 heavy (non-hydrogen) atoms. The molecule has 0 atom stereocenters. The minimum absolute atomic E-state index is 1.01. The van der Waals surface area contributed by atoms with Crippen LogP contribution in [0.4, 0.5) is 0 Å². The maximum Gasteiger partial charge on any atom is 0.105 e. The minimum atomic E-state index is 1.01. The maximum absolute atomic E-state index is 3.75. The molecule has 0 aromatic heterocycles. The third-order valence-electron chi connectivity index (χ3n) is 4.67. The van der Waals surface area contributed by atoms with E-state index in [0.29, 0.717) is 0 Å². The van der Waals surface area contributed by atoms with Crippen molar-refractivity contribution in [2.24, 2.45) is 0 Å². The lowest BCUT2D eigenvalue weighted by Gasteiger charge is -2.05. The quantitative estimate of drug-likeness (QED) is 0.651. The summed E-state index contributed by atoms with van der Waals surface area (Å²) in [5, 5.41) is 5.03. The van der Waals surface area contributed by atoms with Gasteiger partial charge in [0.15, 0.2) is 0 Å². The largest absolute Gasteiger partial charge is 0.105 e. The molecular formula is C23H19+. The zero-order chi connectivity index (χ0) is 15.8. The number of benzene rings is 2. The van der Waals surface area contributed by atoms with Crippen LogP contribution < -0.4 is 20.9 Å². The molecule has 0 radical (unpaired) electrons. The van der Waals surface area contributed by atoms with Gasteiger partial charge in [0.25, 0.3) is 0 Å².